The average molecular weight is 206 g/mol. The predicted molar refractivity (Wildman–Crippen MR) is 56.6 cm³/mol. The van der Waals surface area contributed by atoms with E-state index in [2.05, 4.69) is 15.0 Å². The van der Waals surface area contributed by atoms with E-state index in [9.17, 15) is 4.39 Å². The van der Waals surface area contributed by atoms with Crippen molar-refractivity contribution in [3.05, 3.63) is 45.9 Å². The van der Waals surface area contributed by atoms with Crippen molar-refractivity contribution in [3.8, 4) is 0 Å². The second kappa shape index (κ2) is 5.78. The molecule has 0 atom stereocenters. The molecule has 0 radical (unpaired) electrons. The minimum Gasteiger partial charge on any atom is -0.225 e. The summed E-state index contributed by atoms with van der Waals surface area (Å²) >= 11 is 0. The summed E-state index contributed by atoms with van der Waals surface area (Å²) in [6.07, 6.45) is 4.38. The summed E-state index contributed by atoms with van der Waals surface area (Å²) in [5.74, 6) is -0.473. The van der Waals surface area contributed by atoms with E-state index in [1.54, 1.807) is 13.0 Å². The Morgan fingerprint density at radius 3 is 3.07 bits per heavy atom. The van der Waals surface area contributed by atoms with E-state index in [1.165, 1.54) is 6.07 Å². The van der Waals surface area contributed by atoms with E-state index in [1.807, 2.05) is 12.2 Å². The summed E-state index contributed by atoms with van der Waals surface area (Å²) < 4.78 is 12.6. The third kappa shape index (κ3) is 3.79. The standard InChI is InChI=1S/C10H11FN4/c1-8-9(5-6-10(11)14-8)4-2-3-7-13-15-12/h2,4-6H,3,7H2,1H3. The van der Waals surface area contributed by atoms with Gasteiger partial charge in [-0.1, -0.05) is 17.3 Å². The first kappa shape index (κ1) is 11.2. The van der Waals surface area contributed by atoms with Crippen LogP contribution in [0.5, 0.6) is 0 Å². The predicted octanol–water partition coefficient (Wildman–Crippen LogP) is 3.24. The van der Waals surface area contributed by atoms with Crippen LogP contribution in [0.4, 0.5) is 4.39 Å². The molecule has 1 heterocycles. The molecule has 1 aromatic heterocycles. The number of azide groups is 1. The van der Waals surface area contributed by atoms with E-state index >= 15 is 0 Å². The Kier molecular flexibility index (Phi) is 4.31. The second-order valence-corrected chi connectivity index (χ2v) is 2.95. The third-order valence-corrected chi connectivity index (χ3v) is 1.85. The molecule has 0 aliphatic heterocycles. The van der Waals surface area contributed by atoms with Crippen LogP contribution in [0.3, 0.4) is 0 Å². The number of aromatic nitrogens is 1. The molecule has 0 aliphatic rings. The van der Waals surface area contributed by atoms with Gasteiger partial charge in [0.25, 0.3) is 0 Å². The van der Waals surface area contributed by atoms with Crippen molar-refractivity contribution in [2.75, 3.05) is 6.54 Å². The Hall–Kier alpha value is -1.87. The molecule has 0 saturated heterocycles. The summed E-state index contributed by atoms with van der Waals surface area (Å²) in [4.78, 5) is 6.33. The maximum atomic E-state index is 12.6. The van der Waals surface area contributed by atoms with Crippen molar-refractivity contribution >= 4 is 6.08 Å². The molecule has 0 saturated carbocycles. The van der Waals surface area contributed by atoms with Crippen LogP contribution >= 0.6 is 0 Å². The fourth-order valence-electron chi connectivity index (χ4n) is 1.10. The molecular weight excluding hydrogens is 195 g/mol. The third-order valence-electron chi connectivity index (χ3n) is 1.85. The molecule has 0 fully saturated rings. The van der Waals surface area contributed by atoms with Gasteiger partial charge >= 0.3 is 0 Å². The van der Waals surface area contributed by atoms with Gasteiger partial charge in [0, 0.05) is 17.2 Å². The van der Waals surface area contributed by atoms with E-state index < -0.39 is 5.95 Å². The lowest BCUT2D eigenvalue weighted by atomic mass is 10.2. The van der Waals surface area contributed by atoms with Gasteiger partial charge in [0.1, 0.15) is 0 Å². The van der Waals surface area contributed by atoms with Gasteiger partial charge in [0.2, 0.25) is 5.95 Å². The molecule has 0 bridgehead atoms. The smallest absolute Gasteiger partial charge is 0.213 e. The van der Waals surface area contributed by atoms with Crippen molar-refractivity contribution in [3.63, 3.8) is 0 Å². The number of nitrogens with zero attached hydrogens (tertiary/aromatic N) is 4. The van der Waals surface area contributed by atoms with Gasteiger partial charge in [-0.05, 0) is 36.6 Å². The highest BCUT2D eigenvalue weighted by molar-refractivity contribution is 5.51. The van der Waals surface area contributed by atoms with Crippen molar-refractivity contribution in [1.82, 2.24) is 4.98 Å². The lowest BCUT2D eigenvalue weighted by Gasteiger charge is -1.98. The molecule has 0 N–H and O–H groups in total. The van der Waals surface area contributed by atoms with Crippen LogP contribution in [0.25, 0.3) is 16.5 Å². The summed E-state index contributed by atoms with van der Waals surface area (Å²) in [5.41, 5.74) is 9.56. The van der Waals surface area contributed by atoms with E-state index in [0.717, 1.165) is 5.56 Å². The van der Waals surface area contributed by atoms with Crippen LogP contribution in [-0.4, -0.2) is 11.5 Å². The van der Waals surface area contributed by atoms with Crippen LogP contribution in [0.2, 0.25) is 0 Å². The lowest BCUT2D eigenvalue weighted by Crippen LogP contribution is -1.89. The molecule has 1 aromatic rings. The van der Waals surface area contributed by atoms with Crippen molar-refractivity contribution in [1.29, 1.82) is 0 Å². The Morgan fingerprint density at radius 1 is 1.60 bits per heavy atom. The van der Waals surface area contributed by atoms with Crippen LogP contribution in [-0.2, 0) is 0 Å². The van der Waals surface area contributed by atoms with Crippen molar-refractivity contribution in [2.45, 2.75) is 13.3 Å². The Bertz CT molecular complexity index is 408. The fourth-order valence-corrected chi connectivity index (χ4v) is 1.10. The molecule has 0 aliphatic carbocycles. The fraction of sp³-hybridized carbons (Fsp3) is 0.300. The first-order valence-electron chi connectivity index (χ1n) is 4.54. The number of hydrogen-bond donors (Lipinski definition) is 0. The Morgan fingerprint density at radius 2 is 2.40 bits per heavy atom. The summed E-state index contributed by atoms with van der Waals surface area (Å²) in [6, 6.07) is 2.99. The molecule has 0 spiro atoms. The van der Waals surface area contributed by atoms with E-state index in [-0.39, 0.29) is 0 Å². The highest BCUT2D eigenvalue weighted by Crippen LogP contribution is 2.08. The van der Waals surface area contributed by atoms with Crippen LogP contribution in [0, 0.1) is 12.9 Å². The number of rotatable bonds is 4. The van der Waals surface area contributed by atoms with Crippen molar-refractivity contribution in [2.24, 2.45) is 5.11 Å². The van der Waals surface area contributed by atoms with Gasteiger partial charge in [-0.15, -0.1) is 0 Å². The highest BCUT2D eigenvalue weighted by Gasteiger charge is 1.96. The number of hydrogen-bond acceptors (Lipinski definition) is 2. The lowest BCUT2D eigenvalue weighted by molar-refractivity contribution is 0.580. The molecular formula is C10H11FN4. The summed E-state index contributed by atoms with van der Waals surface area (Å²) in [5, 5.41) is 3.39. The van der Waals surface area contributed by atoms with Gasteiger partial charge in [-0.2, -0.15) is 4.39 Å². The molecule has 4 nitrogen and oxygen atoms in total. The molecule has 0 aromatic carbocycles. The zero-order chi connectivity index (χ0) is 11.1. The Labute approximate surface area is 87.1 Å². The molecule has 78 valence electrons. The zero-order valence-electron chi connectivity index (χ0n) is 8.39. The van der Waals surface area contributed by atoms with Gasteiger partial charge in [0.15, 0.2) is 0 Å². The number of aryl methyl sites for hydroxylation is 1. The van der Waals surface area contributed by atoms with Gasteiger partial charge in [-0.25, -0.2) is 4.98 Å². The van der Waals surface area contributed by atoms with Crippen molar-refractivity contribution < 1.29 is 4.39 Å². The molecule has 0 amide bonds. The normalized spacial score (nSPS) is 10.3. The van der Waals surface area contributed by atoms with Gasteiger partial charge in [-0.3, -0.25) is 0 Å². The Balaban J connectivity index is 2.60. The topological polar surface area (TPSA) is 61.7 Å². The molecule has 5 heteroatoms. The van der Waals surface area contributed by atoms with Gasteiger partial charge < -0.3 is 0 Å². The van der Waals surface area contributed by atoms with Crippen LogP contribution in [0.1, 0.15) is 17.7 Å². The summed E-state index contributed by atoms with van der Waals surface area (Å²) in [6.45, 7) is 2.18. The first-order chi connectivity index (χ1) is 7.24. The number of halogens is 1. The quantitative estimate of drug-likeness (QED) is 0.245. The first-order valence-corrected chi connectivity index (χ1v) is 4.54. The van der Waals surface area contributed by atoms with E-state index in [0.29, 0.717) is 18.7 Å². The molecule has 0 unspecified atom stereocenters. The SMILES string of the molecule is Cc1nc(F)ccc1C=CCCN=[N+]=[N-]. The minimum atomic E-state index is -0.473. The van der Waals surface area contributed by atoms with Crippen LogP contribution < -0.4 is 0 Å². The zero-order valence-corrected chi connectivity index (χ0v) is 8.39. The molecule has 1 rings (SSSR count). The second-order valence-electron chi connectivity index (χ2n) is 2.95. The van der Waals surface area contributed by atoms with E-state index in [4.69, 9.17) is 5.53 Å². The number of pyridine rings is 1. The monoisotopic (exact) mass is 206 g/mol. The minimum absolute atomic E-state index is 0.431. The maximum Gasteiger partial charge on any atom is 0.213 e. The summed E-state index contributed by atoms with van der Waals surface area (Å²) in [7, 11) is 0. The highest BCUT2D eigenvalue weighted by atomic mass is 19.1. The average Bonchev–Trinajstić information content (AvgIpc) is 2.20. The van der Waals surface area contributed by atoms with Crippen LogP contribution in [0.15, 0.2) is 23.3 Å². The maximum absolute atomic E-state index is 12.6. The largest absolute Gasteiger partial charge is 0.225 e. The molecule has 15 heavy (non-hydrogen) atoms. The van der Waals surface area contributed by atoms with Gasteiger partial charge in [0.05, 0.1) is 0 Å².